The molecule has 17 heavy (non-hydrogen) atoms. The lowest BCUT2D eigenvalue weighted by molar-refractivity contribution is 0.599. The first kappa shape index (κ1) is 16.7. The molecule has 0 amide bonds. The lowest BCUT2D eigenvalue weighted by Crippen LogP contribution is -1.79. The van der Waals surface area contributed by atoms with E-state index in [1.165, 1.54) is 77.0 Å². The molecule has 0 saturated carbocycles. The van der Waals surface area contributed by atoms with Crippen molar-refractivity contribution >= 4 is 0 Å². The maximum absolute atomic E-state index is 3.87. The van der Waals surface area contributed by atoms with Gasteiger partial charge in [0, 0.05) is 0 Å². The van der Waals surface area contributed by atoms with Crippen molar-refractivity contribution in [1.82, 2.24) is 0 Å². The van der Waals surface area contributed by atoms with Gasteiger partial charge in [-0.05, 0) is 25.7 Å². The Morgan fingerprint density at radius 3 is 1.65 bits per heavy atom. The van der Waals surface area contributed by atoms with Crippen LogP contribution in [0.3, 0.4) is 0 Å². The van der Waals surface area contributed by atoms with Gasteiger partial charge in [-0.1, -0.05) is 83.8 Å². The van der Waals surface area contributed by atoms with Crippen molar-refractivity contribution in [2.75, 3.05) is 0 Å². The first-order valence-electron chi connectivity index (χ1n) is 7.86. The Bertz CT molecular complexity index is 146. The highest BCUT2D eigenvalue weighted by molar-refractivity contribution is 4.81. The summed E-state index contributed by atoms with van der Waals surface area (Å²) in [4.78, 5) is 0. The van der Waals surface area contributed by atoms with E-state index >= 15 is 0 Å². The second kappa shape index (κ2) is 15.7. The lowest BCUT2D eigenvalue weighted by atomic mass is 10.1. The first-order valence-corrected chi connectivity index (χ1v) is 7.86. The van der Waals surface area contributed by atoms with E-state index in [0.717, 1.165) is 6.42 Å². The first-order chi connectivity index (χ1) is 8.41. The quantitative estimate of drug-likeness (QED) is 0.254. The van der Waals surface area contributed by atoms with Gasteiger partial charge in [0.05, 0.1) is 0 Å². The molecule has 0 aliphatic carbocycles. The third kappa shape index (κ3) is 15.7. The Kier molecular flexibility index (Phi) is 15.5. The highest BCUT2D eigenvalue weighted by Gasteiger charge is 1.89. The molecule has 0 heterocycles. The van der Waals surface area contributed by atoms with Crippen LogP contribution in [0.1, 0.15) is 90.4 Å². The predicted octanol–water partition coefficient (Wildman–Crippen LogP) is 6.47. The minimum absolute atomic E-state index is 1.11. The maximum Gasteiger partial charge on any atom is -0.0351 e. The fourth-order valence-electron chi connectivity index (χ4n) is 2.07. The molecule has 0 unspecified atom stereocenters. The van der Waals surface area contributed by atoms with Crippen LogP contribution in [0.25, 0.3) is 0 Å². The maximum atomic E-state index is 3.87. The molecular weight excluding hydrogens is 204 g/mol. The van der Waals surface area contributed by atoms with Gasteiger partial charge < -0.3 is 0 Å². The van der Waals surface area contributed by atoms with Crippen molar-refractivity contribution in [3.8, 4) is 0 Å². The molecule has 0 fully saturated rings. The van der Waals surface area contributed by atoms with Crippen LogP contribution in [0.2, 0.25) is 0 Å². The largest absolute Gasteiger partial charge is 0.0885 e. The smallest absolute Gasteiger partial charge is 0.0351 e. The summed E-state index contributed by atoms with van der Waals surface area (Å²) in [6.45, 7) is 6.14. The SMILES string of the molecule is [CH2]CCCCCCCC/C=C\CCCCCC. The molecule has 0 atom stereocenters. The van der Waals surface area contributed by atoms with E-state index in [0.29, 0.717) is 0 Å². The van der Waals surface area contributed by atoms with E-state index in [9.17, 15) is 0 Å². The minimum Gasteiger partial charge on any atom is -0.0885 e. The Morgan fingerprint density at radius 2 is 1.12 bits per heavy atom. The lowest BCUT2D eigenvalue weighted by Gasteiger charge is -1.99. The molecule has 0 aromatic rings. The van der Waals surface area contributed by atoms with Gasteiger partial charge in [-0.15, -0.1) is 0 Å². The molecule has 0 nitrogen and oxygen atoms in total. The second-order valence-electron chi connectivity index (χ2n) is 5.08. The molecule has 0 rings (SSSR count). The molecular formula is C17H33. The standard InChI is InChI=1S/C17H33/c1-3-5-7-9-11-13-15-17-16-14-12-10-8-6-4-2/h14,16H,1,3-13,15,17H2,2H3/b16-14-. The van der Waals surface area contributed by atoms with Gasteiger partial charge >= 0.3 is 0 Å². The van der Waals surface area contributed by atoms with Gasteiger partial charge in [0.2, 0.25) is 0 Å². The van der Waals surface area contributed by atoms with E-state index in [4.69, 9.17) is 0 Å². The van der Waals surface area contributed by atoms with Crippen LogP contribution in [0.15, 0.2) is 12.2 Å². The van der Waals surface area contributed by atoms with E-state index in [-0.39, 0.29) is 0 Å². The summed E-state index contributed by atoms with van der Waals surface area (Å²) in [7, 11) is 0. The molecule has 0 spiro atoms. The highest BCUT2D eigenvalue weighted by Crippen LogP contribution is 2.09. The molecule has 0 aliphatic rings. The van der Waals surface area contributed by atoms with Crippen LogP contribution in [-0.2, 0) is 0 Å². The minimum atomic E-state index is 1.11. The molecule has 1 radical (unpaired) electrons. The van der Waals surface area contributed by atoms with E-state index in [2.05, 4.69) is 26.0 Å². The Labute approximate surface area is 110 Å². The molecule has 0 heteroatoms. The van der Waals surface area contributed by atoms with Crippen molar-refractivity contribution in [2.24, 2.45) is 0 Å². The monoisotopic (exact) mass is 237 g/mol. The topological polar surface area (TPSA) is 0 Å². The van der Waals surface area contributed by atoms with Gasteiger partial charge in [0.25, 0.3) is 0 Å². The number of rotatable bonds is 13. The zero-order valence-corrected chi connectivity index (χ0v) is 12.1. The van der Waals surface area contributed by atoms with Gasteiger partial charge in [-0.25, -0.2) is 0 Å². The van der Waals surface area contributed by atoms with Crippen molar-refractivity contribution < 1.29 is 0 Å². The van der Waals surface area contributed by atoms with Gasteiger partial charge in [0.1, 0.15) is 0 Å². The third-order valence-corrected chi connectivity index (χ3v) is 3.26. The Morgan fingerprint density at radius 1 is 0.647 bits per heavy atom. The van der Waals surface area contributed by atoms with Crippen molar-refractivity contribution in [3.63, 3.8) is 0 Å². The van der Waals surface area contributed by atoms with Gasteiger partial charge in [0.15, 0.2) is 0 Å². The van der Waals surface area contributed by atoms with Gasteiger partial charge in [-0.3, -0.25) is 0 Å². The molecule has 0 aromatic heterocycles. The van der Waals surface area contributed by atoms with Crippen molar-refractivity contribution in [2.45, 2.75) is 90.4 Å². The van der Waals surface area contributed by atoms with Crippen LogP contribution >= 0.6 is 0 Å². The van der Waals surface area contributed by atoms with Crippen molar-refractivity contribution in [3.05, 3.63) is 19.1 Å². The molecule has 0 aromatic carbocycles. The fraction of sp³-hybridized carbons (Fsp3) is 0.824. The predicted molar refractivity (Wildman–Crippen MR) is 80.2 cm³/mol. The highest BCUT2D eigenvalue weighted by atomic mass is 14.0. The molecule has 0 bridgehead atoms. The van der Waals surface area contributed by atoms with Crippen LogP contribution in [0.4, 0.5) is 0 Å². The van der Waals surface area contributed by atoms with Crippen LogP contribution < -0.4 is 0 Å². The van der Waals surface area contributed by atoms with Crippen LogP contribution in [-0.4, -0.2) is 0 Å². The fourth-order valence-corrected chi connectivity index (χ4v) is 2.07. The van der Waals surface area contributed by atoms with E-state index in [1.807, 2.05) is 0 Å². The normalized spacial score (nSPS) is 11.4. The number of hydrogen-bond donors (Lipinski definition) is 0. The Hall–Kier alpha value is -0.260. The summed E-state index contributed by atoms with van der Waals surface area (Å²) in [5, 5.41) is 0. The number of allylic oxidation sites excluding steroid dienone is 2. The average molecular weight is 237 g/mol. The molecule has 101 valence electrons. The summed E-state index contributed by atoms with van der Waals surface area (Å²) < 4.78 is 0. The summed E-state index contributed by atoms with van der Waals surface area (Å²) in [5.74, 6) is 0. The Balaban J connectivity index is 2.99. The van der Waals surface area contributed by atoms with E-state index in [1.54, 1.807) is 0 Å². The zero-order chi connectivity index (χ0) is 12.6. The zero-order valence-electron chi connectivity index (χ0n) is 12.1. The summed E-state index contributed by atoms with van der Waals surface area (Å²) >= 11 is 0. The summed E-state index contributed by atoms with van der Waals surface area (Å²) in [5.41, 5.74) is 0. The van der Waals surface area contributed by atoms with Crippen LogP contribution in [0.5, 0.6) is 0 Å². The summed E-state index contributed by atoms with van der Waals surface area (Å²) in [6.07, 6.45) is 22.4. The van der Waals surface area contributed by atoms with E-state index < -0.39 is 0 Å². The number of unbranched alkanes of at least 4 members (excludes halogenated alkanes) is 11. The molecule has 0 aliphatic heterocycles. The number of hydrogen-bond acceptors (Lipinski definition) is 0. The third-order valence-electron chi connectivity index (χ3n) is 3.26. The van der Waals surface area contributed by atoms with Crippen molar-refractivity contribution in [1.29, 1.82) is 0 Å². The summed E-state index contributed by atoms with van der Waals surface area (Å²) in [6, 6.07) is 0. The van der Waals surface area contributed by atoms with Crippen LogP contribution in [0, 0.1) is 6.92 Å². The second-order valence-corrected chi connectivity index (χ2v) is 5.08. The molecule has 0 saturated heterocycles. The van der Waals surface area contributed by atoms with Gasteiger partial charge in [-0.2, -0.15) is 0 Å². The molecule has 0 N–H and O–H groups in total. The average Bonchev–Trinajstić information content (AvgIpc) is 2.35.